The number of amides is 3. The molecule has 38 heavy (non-hydrogen) atoms. The highest BCUT2D eigenvalue weighted by Gasteiger charge is 2.50. The molecule has 0 saturated heterocycles. The van der Waals surface area contributed by atoms with E-state index in [1.54, 1.807) is 61.8 Å². The Balaban J connectivity index is 1.51. The van der Waals surface area contributed by atoms with Crippen molar-refractivity contribution in [3.05, 3.63) is 84.2 Å². The second kappa shape index (κ2) is 10.4. The minimum Gasteiger partial charge on any atom is -0.395 e. The van der Waals surface area contributed by atoms with Crippen molar-refractivity contribution in [1.82, 2.24) is 10.3 Å². The van der Waals surface area contributed by atoms with Crippen LogP contribution in [-0.4, -0.2) is 59.9 Å². The predicted octanol–water partition coefficient (Wildman–Crippen LogP) is 2.80. The third kappa shape index (κ3) is 4.98. The van der Waals surface area contributed by atoms with Crippen LogP contribution in [0, 0.1) is 5.41 Å². The average Bonchev–Trinajstić information content (AvgIpc) is 3.76. The maximum absolute atomic E-state index is 13.9. The fourth-order valence-electron chi connectivity index (χ4n) is 4.42. The lowest BCUT2D eigenvalue weighted by Gasteiger charge is -2.26. The summed E-state index contributed by atoms with van der Waals surface area (Å²) in [6.45, 7) is -0.508. The summed E-state index contributed by atoms with van der Waals surface area (Å²) in [5.41, 5.74) is 2.53. The molecule has 1 aliphatic carbocycles. The Kier molecular flexibility index (Phi) is 6.89. The number of aromatic nitrogens is 1. The Morgan fingerprint density at radius 2 is 1.82 bits per heavy atom. The van der Waals surface area contributed by atoms with E-state index < -0.39 is 23.5 Å². The van der Waals surface area contributed by atoms with Gasteiger partial charge in [0.05, 0.1) is 35.7 Å². The molecule has 5 rings (SSSR count). The number of rotatable bonds is 8. The highest BCUT2D eigenvalue weighted by atomic mass is 16.3. The van der Waals surface area contributed by atoms with E-state index >= 15 is 0 Å². The first kappa shape index (κ1) is 25.1. The lowest BCUT2D eigenvalue weighted by Crippen LogP contribution is -2.50. The van der Waals surface area contributed by atoms with E-state index in [4.69, 9.17) is 0 Å². The van der Waals surface area contributed by atoms with Crippen molar-refractivity contribution in [3.8, 4) is 0 Å². The highest BCUT2D eigenvalue weighted by molar-refractivity contribution is 6.20. The lowest BCUT2D eigenvalue weighted by atomic mass is 10.00. The first-order valence-corrected chi connectivity index (χ1v) is 12.3. The van der Waals surface area contributed by atoms with Gasteiger partial charge in [-0.25, -0.2) is 9.79 Å². The van der Waals surface area contributed by atoms with Gasteiger partial charge >= 0.3 is 6.03 Å². The van der Waals surface area contributed by atoms with Crippen molar-refractivity contribution in [1.29, 1.82) is 0 Å². The number of para-hydroxylation sites is 1. The number of nitrogens with zero attached hydrogens (tertiary/aromatic N) is 3. The molecule has 1 fully saturated rings. The van der Waals surface area contributed by atoms with Gasteiger partial charge in [-0.05, 0) is 49.2 Å². The van der Waals surface area contributed by atoms with Crippen LogP contribution in [0.5, 0.6) is 0 Å². The molecule has 0 bridgehead atoms. The van der Waals surface area contributed by atoms with Crippen molar-refractivity contribution >= 4 is 40.5 Å². The summed E-state index contributed by atoms with van der Waals surface area (Å²) in [7, 11) is 1.77. The van der Waals surface area contributed by atoms with Crippen LogP contribution in [-0.2, 0) is 9.59 Å². The molecule has 2 heterocycles. The monoisotopic (exact) mass is 512 g/mol. The van der Waals surface area contributed by atoms with Gasteiger partial charge in [0.1, 0.15) is 0 Å². The summed E-state index contributed by atoms with van der Waals surface area (Å²) in [4.78, 5) is 50.5. The van der Waals surface area contributed by atoms with Gasteiger partial charge in [0.25, 0.3) is 5.91 Å². The maximum Gasteiger partial charge on any atom is 0.321 e. The number of aliphatic hydroxyl groups excluding tert-OH is 1. The number of benzodiazepines with no additional fused rings is 1. The number of ketones is 1. The van der Waals surface area contributed by atoms with Gasteiger partial charge in [0.15, 0.2) is 5.78 Å². The van der Waals surface area contributed by atoms with Gasteiger partial charge in [-0.1, -0.05) is 30.3 Å². The molecule has 0 unspecified atom stereocenters. The number of hydrogen-bond acceptors (Lipinski definition) is 7. The number of hydrogen-bond donors (Lipinski definition) is 4. The predicted molar refractivity (Wildman–Crippen MR) is 144 cm³/mol. The number of benzene rings is 2. The minimum absolute atomic E-state index is 0.225. The van der Waals surface area contributed by atoms with Crippen LogP contribution in [0.3, 0.4) is 0 Å². The number of aliphatic hydroxyl groups is 1. The lowest BCUT2D eigenvalue weighted by molar-refractivity contribution is -0.127. The highest BCUT2D eigenvalue weighted by Crippen LogP contribution is 2.46. The van der Waals surface area contributed by atoms with Crippen LogP contribution >= 0.6 is 0 Å². The molecule has 10 heteroatoms. The molecule has 2 aliphatic rings. The van der Waals surface area contributed by atoms with E-state index in [9.17, 15) is 19.5 Å². The second-order valence-electron chi connectivity index (χ2n) is 9.33. The van der Waals surface area contributed by atoms with Crippen LogP contribution in [0.25, 0.3) is 0 Å². The maximum atomic E-state index is 13.9. The van der Waals surface area contributed by atoms with Crippen LogP contribution in [0.2, 0.25) is 0 Å². The standard InChI is InChI=1S/C28H28N6O4/c1-29-18-7-6-8-19(15-18)31-27(38)33-25-26(37)34(16-23(36)28(17-35)12-13-28)22-11-3-2-9-20(22)24(32-25)21-10-4-5-14-30-21/h2-11,14-15,25,29,35H,12-13,16-17H2,1H3,(H2,31,33,38)/t25-/m0/s1. The van der Waals surface area contributed by atoms with Crippen LogP contribution in [0.4, 0.5) is 21.9 Å². The largest absolute Gasteiger partial charge is 0.395 e. The van der Waals surface area contributed by atoms with Gasteiger partial charge in [-0.2, -0.15) is 0 Å². The Labute approximate surface area is 219 Å². The molecule has 1 aromatic heterocycles. The second-order valence-corrected chi connectivity index (χ2v) is 9.33. The minimum atomic E-state index is -1.33. The fourth-order valence-corrected chi connectivity index (χ4v) is 4.42. The summed E-state index contributed by atoms with van der Waals surface area (Å²) in [6.07, 6.45) is 1.45. The summed E-state index contributed by atoms with van der Waals surface area (Å²) in [5, 5.41) is 18.2. The van der Waals surface area contributed by atoms with Crippen LogP contribution in [0.15, 0.2) is 77.9 Å². The van der Waals surface area contributed by atoms with E-state index in [1.165, 1.54) is 4.90 Å². The zero-order valence-electron chi connectivity index (χ0n) is 20.8. The van der Waals surface area contributed by atoms with Gasteiger partial charge in [-0.15, -0.1) is 0 Å². The first-order valence-electron chi connectivity index (χ1n) is 12.3. The van der Waals surface area contributed by atoms with Gasteiger partial charge in [-0.3, -0.25) is 14.6 Å². The molecular weight excluding hydrogens is 484 g/mol. The van der Waals surface area contributed by atoms with Gasteiger partial charge in [0, 0.05) is 30.2 Å². The zero-order chi connectivity index (χ0) is 26.7. The normalized spacial score (nSPS) is 17.5. The van der Waals surface area contributed by atoms with E-state index in [1.807, 2.05) is 18.2 Å². The number of nitrogens with one attached hydrogen (secondary N) is 3. The Hall–Kier alpha value is -4.57. The third-order valence-corrected chi connectivity index (χ3v) is 6.84. The van der Waals surface area contributed by atoms with E-state index in [0.717, 1.165) is 5.69 Å². The van der Waals surface area contributed by atoms with Crippen molar-refractivity contribution in [3.63, 3.8) is 0 Å². The molecule has 3 aromatic rings. The molecule has 2 aromatic carbocycles. The number of carbonyl (C=O) groups excluding carboxylic acids is 3. The molecule has 1 atom stereocenters. The van der Waals surface area contributed by atoms with Gasteiger partial charge < -0.3 is 26.0 Å². The number of urea groups is 1. The average molecular weight is 513 g/mol. The number of pyridine rings is 1. The molecular formula is C28H28N6O4. The quantitative estimate of drug-likeness (QED) is 0.367. The Bertz CT molecular complexity index is 1400. The first-order chi connectivity index (χ1) is 18.4. The molecule has 194 valence electrons. The topological polar surface area (TPSA) is 136 Å². The van der Waals surface area contributed by atoms with E-state index in [2.05, 4.69) is 25.9 Å². The summed E-state index contributed by atoms with van der Waals surface area (Å²) < 4.78 is 0. The van der Waals surface area contributed by atoms with Crippen LogP contribution in [0.1, 0.15) is 24.1 Å². The van der Waals surface area contributed by atoms with Gasteiger partial charge in [0.2, 0.25) is 6.17 Å². The molecule has 3 amide bonds. The van der Waals surface area contributed by atoms with E-state index in [0.29, 0.717) is 41.2 Å². The fraction of sp³-hybridized carbons (Fsp3) is 0.250. The zero-order valence-corrected chi connectivity index (χ0v) is 20.8. The smallest absolute Gasteiger partial charge is 0.321 e. The molecule has 4 N–H and O–H groups in total. The van der Waals surface area contributed by atoms with E-state index in [-0.39, 0.29) is 18.9 Å². The third-order valence-electron chi connectivity index (χ3n) is 6.84. The van der Waals surface area contributed by atoms with Crippen LogP contribution < -0.4 is 20.9 Å². The van der Waals surface area contributed by atoms with Crippen molar-refractivity contribution in [2.75, 3.05) is 35.7 Å². The molecule has 0 radical (unpaired) electrons. The molecule has 10 nitrogen and oxygen atoms in total. The van der Waals surface area contributed by atoms with Crippen molar-refractivity contribution in [2.24, 2.45) is 10.4 Å². The van der Waals surface area contributed by atoms with Crippen molar-refractivity contribution in [2.45, 2.75) is 19.0 Å². The number of Topliss-reactive ketones (excluding diaryl/α,β-unsaturated/α-hetero) is 1. The summed E-state index contributed by atoms with van der Waals surface area (Å²) in [6, 6.07) is 19.0. The summed E-state index contributed by atoms with van der Waals surface area (Å²) in [5.74, 6) is -0.791. The number of fused-ring (bicyclic) bond motifs is 1. The SMILES string of the molecule is CNc1cccc(NC(=O)N[C@@H]2N=C(c3ccccn3)c3ccccc3N(CC(=O)C3(CO)CC3)C2=O)c1. The summed E-state index contributed by atoms with van der Waals surface area (Å²) >= 11 is 0. The number of anilines is 3. The number of aliphatic imine (C=N–C) groups is 1. The Morgan fingerprint density at radius 3 is 2.53 bits per heavy atom. The van der Waals surface area contributed by atoms with Crippen molar-refractivity contribution < 1.29 is 19.5 Å². The molecule has 0 spiro atoms. The number of carbonyl (C=O) groups is 3. The molecule has 1 aliphatic heterocycles. The molecule has 1 saturated carbocycles. The Morgan fingerprint density at radius 1 is 1.05 bits per heavy atom.